The van der Waals surface area contributed by atoms with Gasteiger partial charge in [-0.05, 0) is 36.0 Å². The van der Waals surface area contributed by atoms with Crippen LogP contribution < -0.4 is 4.74 Å². The van der Waals surface area contributed by atoms with E-state index < -0.39 is 6.10 Å². The Hall–Kier alpha value is -2.55. The van der Waals surface area contributed by atoms with Crippen LogP contribution in [0.15, 0.2) is 61.2 Å². The third-order valence-corrected chi connectivity index (χ3v) is 5.10. The van der Waals surface area contributed by atoms with E-state index in [-0.39, 0.29) is 17.3 Å². The van der Waals surface area contributed by atoms with E-state index in [4.69, 9.17) is 9.47 Å². The zero-order chi connectivity index (χ0) is 18.7. The average Bonchev–Trinajstić information content (AvgIpc) is 2.65. The van der Waals surface area contributed by atoms with E-state index in [9.17, 15) is 4.79 Å². The third kappa shape index (κ3) is 3.52. The number of hydrogen-bond donors (Lipinski definition) is 0. The van der Waals surface area contributed by atoms with Gasteiger partial charge in [-0.3, -0.25) is 0 Å². The first-order chi connectivity index (χ1) is 12.4. The van der Waals surface area contributed by atoms with Crippen molar-refractivity contribution in [1.82, 2.24) is 0 Å². The van der Waals surface area contributed by atoms with Gasteiger partial charge in [0.1, 0.15) is 5.75 Å². The molecule has 0 aliphatic carbocycles. The summed E-state index contributed by atoms with van der Waals surface area (Å²) in [6.07, 6.45) is 0.0774. The summed E-state index contributed by atoms with van der Waals surface area (Å²) in [6, 6.07) is 18.1. The third-order valence-electron chi connectivity index (χ3n) is 5.10. The Morgan fingerprint density at radius 1 is 1.12 bits per heavy atom. The Labute approximate surface area is 155 Å². The van der Waals surface area contributed by atoms with Crippen LogP contribution in [0.4, 0.5) is 0 Å². The molecule has 1 aliphatic heterocycles. The van der Waals surface area contributed by atoms with Crippen molar-refractivity contribution in [2.45, 2.75) is 38.7 Å². The van der Waals surface area contributed by atoms with Crippen molar-refractivity contribution in [3.63, 3.8) is 0 Å². The van der Waals surface area contributed by atoms with E-state index in [0.717, 1.165) is 17.6 Å². The maximum atomic E-state index is 12.6. The minimum atomic E-state index is -0.666. The molecule has 26 heavy (non-hydrogen) atoms. The van der Waals surface area contributed by atoms with Crippen LogP contribution in [0.2, 0.25) is 0 Å². The number of ether oxygens (including phenoxy) is 2. The van der Waals surface area contributed by atoms with Gasteiger partial charge in [-0.1, -0.05) is 69.0 Å². The quantitative estimate of drug-likeness (QED) is 0.711. The lowest BCUT2D eigenvalue weighted by molar-refractivity contribution is -0.153. The summed E-state index contributed by atoms with van der Waals surface area (Å²) in [5, 5.41) is 0. The Balaban J connectivity index is 1.96. The summed E-state index contributed by atoms with van der Waals surface area (Å²) in [5.74, 6) is 0.237. The second-order valence-electron chi connectivity index (χ2n) is 7.37. The lowest BCUT2D eigenvalue weighted by Crippen LogP contribution is -2.42. The smallest absolute Gasteiger partial charge is 0.347 e. The SMILES string of the molecule is C=C1c2ccccc2O[C@@H](C(=O)OCC)[C@@H]1CC(C)(C)c1ccccc1. The van der Waals surface area contributed by atoms with Crippen LogP contribution in [-0.4, -0.2) is 18.7 Å². The molecule has 136 valence electrons. The molecule has 3 nitrogen and oxygen atoms in total. The number of benzene rings is 2. The molecule has 0 saturated heterocycles. The molecule has 0 bridgehead atoms. The summed E-state index contributed by atoms with van der Waals surface area (Å²) in [6.45, 7) is 10.9. The van der Waals surface area contributed by atoms with Crippen molar-refractivity contribution in [1.29, 1.82) is 0 Å². The number of carbonyl (C=O) groups excluding carboxylic acids is 1. The molecule has 0 unspecified atom stereocenters. The monoisotopic (exact) mass is 350 g/mol. The summed E-state index contributed by atoms with van der Waals surface area (Å²) in [4.78, 5) is 12.6. The Morgan fingerprint density at radius 2 is 1.77 bits per heavy atom. The van der Waals surface area contributed by atoms with E-state index in [1.165, 1.54) is 5.56 Å². The molecule has 0 radical (unpaired) electrons. The van der Waals surface area contributed by atoms with Gasteiger partial charge in [0, 0.05) is 11.5 Å². The van der Waals surface area contributed by atoms with Crippen molar-refractivity contribution >= 4 is 11.5 Å². The summed E-state index contributed by atoms with van der Waals surface area (Å²) in [7, 11) is 0. The van der Waals surface area contributed by atoms with E-state index in [1.807, 2.05) is 49.4 Å². The van der Waals surface area contributed by atoms with Crippen molar-refractivity contribution in [3.8, 4) is 5.75 Å². The first kappa shape index (κ1) is 18.2. The molecule has 0 aromatic heterocycles. The van der Waals surface area contributed by atoms with Gasteiger partial charge in [-0.15, -0.1) is 0 Å². The highest BCUT2D eigenvalue weighted by atomic mass is 16.6. The minimum absolute atomic E-state index is 0.130. The van der Waals surface area contributed by atoms with Gasteiger partial charge < -0.3 is 9.47 Å². The minimum Gasteiger partial charge on any atom is -0.477 e. The average molecular weight is 350 g/mol. The van der Waals surface area contributed by atoms with Crippen molar-refractivity contribution < 1.29 is 14.3 Å². The van der Waals surface area contributed by atoms with Crippen molar-refractivity contribution in [2.24, 2.45) is 5.92 Å². The van der Waals surface area contributed by atoms with Gasteiger partial charge in [0.2, 0.25) is 6.10 Å². The van der Waals surface area contributed by atoms with Crippen molar-refractivity contribution in [3.05, 3.63) is 72.3 Å². The topological polar surface area (TPSA) is 35.5 Å². The molecule has 1 aliphatic rings. The van der Waals surface area contributed by atoms with Gasteiger partial charge in [-0.2, -0.15) is 0 Å². The molecule has 0 fully saturated rings. The fourth-order valence-corrected chi connectivity index (χ4v) is 3.66. The van der Waals surface area contributed by atoms with E-state index in [0.29, 0.717) is 12.4 Å². The zero-order valence-corrected chi connectivity index (χ0v) is 15.7. The van der Waals surface area contributed by atoms with Gasteiger partial charge >= 0.3 is 5.97 Å². The van der Waals surface area contributed by atoms with E-state index in [1.54, 1.807) is 0 Å². The van der Waals surface area contributed by atoms with Gasteiger partial charge in [0.25, 0.3) is 0 Å². The molecule has 1 heterocycles. The number of hydrogen-bond acceptors (Lipinski definition) is 3. The fraction of sp³-hybridized carbons (Fsp3) is 0.348. The second-order valence-corrected chi connectivity index (χ2v) is 7.37. The molecule has 2 aromatic carbocycles. The second kappa shape index (κ2) is 7.36. The van der Waals surface area contributed by atoms with Crippen LogP contribution in [0.3, 0.4) is 0 Å². The number of esters is 1. The first-order valence-corrected chi connectivity index (χ1v) is 9.11. The summed E-state index contributed by atoms with van der Waals surface area (Å²) in [5.41, 5.74) is 3.01. The molecule has 0 spiro atoms. The fourth-order valence-electron chi connectivity index (χ4n) is 3.66. The van der Waals surface area contributed by atoms with Crippen LogP contribution in [0, 0.1) is 5.92 Å². The molecular weight excluding hydrogens is 324 g/mol. The molecule has 0 N–H and O–H groups in total. The Kier molecular flexibility index (Phi) is 5.17. The molecule has 3 rings (SSSR count). The number of rotatable bonds is 5. The normalized spacial score (nSPS) is 19.4. The van der Waals surface area contributed by atoms with Crippen molar-refractivity contribution in [2.75, 3.05) is 6.61 Å². The molecule has 0 saturated carbocycles. The predicted octanol–water partition coefficient (Wildman–Crippen LogP) is 5.01. The van der Waals surface area contributed by atoms with Crippen LogP contribution in [-0.2, 0) is 14.9 Å². The maximum Gasteiger partial charge on any atom is 0.347 e. The number of carbonyl (C=O) groups is 1. The van der Waals surface area contributed by atoms with Gasteiger partial charge in [-0.25, -0.2) is 4.79 Å². The molecule has 2 atom stereocenters. The highest BCUT2D eigenvalue weighted by Crippen LogP contribution is 2.44. The highest BCUT2D eigenvalue weighted by molar-refractivity contribution is 5.83. The molecule has 2 aromatic rings. The first-order valence-electron chi connectivity index (χ1n) is 9.11. The van der Waals surface area contributed by atoms with Crippen LogP contribution in [0.1, 0.15) is 38.3 Å². The molecule has 0 amide bonds. The van der Waals surface area contributed by atoms with Gasteiger partial charge in [0.15, 0.2) is 0 Å². The zero-order valence-electron chi connectivity index (χ0n) is 15.7. The lowest BCUT2D eigenvalue weighted by atomic mass is 9.71. The maximum absolute atomic E-state index is 12.6. The van der Waals surface area contributed by atoms with Gasteiger partial charge in [0.05, 0.1) is 6.61 Å². The van der Waals surface area contributed by atoms with Crippen LogP contribution in [0.5, 0.6) is 5.75 Å². The van der Waals surface area contributed by atoms with Crippen LogP contribution >= 0.6 is 0 Å². The standard InChI is InChI=1S/C23H26O3/c1-5-25-22(24)21-19(15-23(3,4)17-11-7-6-8-12-17)16(2)18-13-9-10-14-20(18)26-21/h6-14,19,21H,2,5,15H2,1,3-4H3/t19-,21-/m1/s1. The van der Waals surface area contributed by atoms with Crippen LogP contribution in [0.25, 0.3) is 5.57 Å². The molecule has 3 heteroatoms. The Bertz CT molecular complexity index is 792. The highest BCUT2D eigenvalue weighted by Gasteiger charge is 2.41. The number of para-hydroxylation sites is 1. The molecular formula is C23H26O3. The van der Waals surface area contributed by atoms with E-state index in [2.05, 4.69) is 32.6 Å². The number of fused-ring (bicyclic) bond motifs is 1. The largest absolute Gasteiger partial charge is 0.477 e. The predicted molar refractivity (Wildman–Crippen MR) is 104 cm³/mol. The summed E-state index contributed by atoms with van der Waals surface area (Å²) >= 11 is 0. The van der Waals surface area contributed by atoms with E-state index >= 15 is 0 Å². The Morgan fingerprint density at radius 3 is 2.46 bits per heavy atom. The lowest BCUT2D eigenvalue weighted by Gasteiger charge is -2.38. The summed E-state index contributed by atoms with van der Waals surface area (Å²) < 4.78 is 11.4.